The van der Waals surface area contributed by atoms with Crippen LogP contribution in [0.5, 0.6) is 0 Å². The zero-order valence-electron chi connectivity index (χ0n) is 12.2. The molecule has 1 aromatic rings. The van der Waals surface area contributed by atoms with E-state index in [0.29, 0.717) is 0 Å². The third kappa shape index (κ3) is 5.53. The maximum atomic E-state index is 11.9. The van der Waals surface area contributed by atoms with Gasteiger partial charge in [0, 0.05) is 5.41 Å². The molecule has 6 heteroatoms. The van der Waals surface area contributed by atoms with Gasteiger partial charge in [0.15, 0.2) is 0 Å². The van der Waals surface area contributed by atoms with Crippen LogP contribution in [0.15, 0.2) is 24.3 Å². The molecule has 0 spiro atoms. The number of hydrogen-bond donors (Lipinski definition) is 2. The molecule has 0 atom stereocenters. The van der Waals surface area contributed by atoms with Gasteiger partial charge in [0.1, 0.15) is 6.61 Å². The van der Waals surface area contributed by atoms with E-state index in [1.165, 1.54) is 18.2 Å². The molecule has 0 saturated heterocycles. The molecule has 0 bridgehead atoms. The van der Waals surface area contributed by atoms with Gasteiger partial charge in [-0.3, -0.25) is 0 Å². The third-order valence-corrected chi connectivity index (χ3v) is 2.68. The van der Waals surface area contributed by atoms with Gasteiger partial charge in [0.25, 0.3) is 0 Å². The van der Waals surface area contributed by atoms with Crippen molar-refractivity contribution in [3.8, 4) is 0 Å². The SMILES string of the molecule is CC(C)(CO)COC(=O)c1cccc(C(=O)OCCO)c1. The Morgan fingerprint density at radius 2 is 1.67 bits per heavy atom. The number of benzene rings is 1. The van der Waals surface area contributed by atoms with Crippen LogP contribution in [0.25, 0.3) is 0 Å². The lowest BCUT2D eigenvalue weighted by molar-refractivity contribution is 0.0218. The Balaban J connectivity index is 2.71. The van der Waals surface area contributed by atoms with E-state index < -0.39 is 17.4 Å². The van der Waals surface area contributed by atoms with Crippen LogP contribution in [0, 0.1) is 5.41 Å². The predicted octanol–water partition coefficient (Wildman–Crippen LogP) is 1.01. The van der Waals surface area contributed by atoms with Gasteiger partial charge < -0.3 is 19.7 Å². The maximum Gasteiger partial charge on any atom is 0.338 e. The molecule has 2 N–H and O–H groups in total. The summed E-state index contributed by atoms with van der Waals surface area (Å²) in [5.74, 6) is -1.19. The summed E-state index contributed by atoms with van der Waals surface area (Å²) in [5.41, 5.74) is -0.0886. The first-order valence-electron chi connectivity index (χ1n) is 6.55. The molecule has 1 rings (SSSR count). The summed E-state index contributed by atoms with van der Waals surface area (Å²) < 4.78 is 9.88. The van der Waals surface area contributed by atoms with Crippen molar-refractivity contribution in [1.29, 1.82) is 0 Å². The molecule has 0 aliphatic heterocycles. The molecule has 1 aromatic carbocycles. The Labute approximate surface area is 123 Å². The number of esters is 2. The molecule has 0 radical (unpaired) electrons. The number of aliphatic hydroxyl groups excluding tert-OH is 2. The number of aliphatic hydroxyl groups is 2. The quantitative estimate of drug-likeness (QED) is 0.729. The van der Waals surface area contributed by atoms with Crippen LogP contribution in [-0.4, -0.2) is 48.6 Å². The van der Waals surface area contributed by atoms with Gasteiger partial charge in [0.2, 0.25) is 0 Å². The van der Waals surface area contributed by atoms with Crippen molar-refractivity contribution >= 4 is 11.9 Å². The molecule has 0 amide bonds. The van der Waals surface area contributed by atoms with E-state index in [1.807, 2.05) is 0 Å². The highest BCUT2D eigenvalue weighted by Crippen LogP contribution is 2.15. The second-order valence-corrected chi connectivity index (χ2v) is 5.34. The van der Waals surface area contributed by atoms with Crippen molar-refractivity contribution in [2.24, 2.45) is 5.41 Å². The molecule has 0 fully saturated rings. The topological polar surface area (TPSA) is 93.1 Å². The van der Waals surface area contributed by atoms with Crippen molar-refractivity contribution < 1.29 is 29.3 Å². The fourth-order valence-electron chi connectivity index (χ4n) is 1.38. The first-order valence-corrected chi connectivity index (χ1v) is 6.55. The third-order valence-electron chi connectivity index (χ3n) is 2.68. The van der Waals surface area contributed by atoms with Gasteiger partial charge in [-0.25, -0.2) is 9.59 Å². The number of ether oxygens (including phenoxy) is 2. The van der Waals surface area contributed by atoms with Crippen LogP contribution in [0.3, 0.4) is 0 Å². The lowest BCUT2D eigenvalue weighted by Crippen LogP contribution is -2.25. The van der Waals surface area contributed by atoms with Gasteiger partial charge in [-0.15, -0.1) is 0 Å². The Kier molecular flexibility index (Phi) is 6.33. The second-order valence-electron chi connectivity index (χ2n) is 5.34. The predicted molar refractivity (Wildman–Crippen MR) is 75.0 cm³/mol. The molecular weight excluding hydrogens is 276 g/mol. The lowest BCUT2D eigenvalue weighted by Gasteiger charge is -2.20. The molecule has 0 heterocycles. The minimum absolute atomic E-state index is 0.0710. The normalized spacial score (nSPS) is 11.0. The van der Waals surface area contributed by atoms with E-state index in [4.69, 9.17) is 19.7 Å². The van der Waals surface area contributed by atoms with Crippen molar-refractivity contribution in [3.05, 3.63) is 35.4 Å². The highest BCUT2D eigenvalue weighted by Gasteiger charge is 2.20. The standard InChI is InChI=1S/C15H20O6/c1-15(2,9-17)10-21-14(19)12-5-3-4-11(8-12)13(18)20-7-6-16/h3-5,8,16-17H,6-7,9-10H2,1-2H3. The molecule has 0 aromatic heterocycles. The molecule has 21 heavy (non-hydrogen) atoms. The van der Waals surface area contributed by atoms with Crippen LogP contribution in [0.2, 0.25) is 0 Å². The minimum atomic E-state index is -0.616. The molecule has 0 aliphatic carbocycles. The Hall–Kier alpha value is -1.92. The lowest BCUT2D eigenvalue weighted by atomic mass is 9.96. The van der Waals surface area contributed by atoms with Crippen LogP contribution < -0.4 is 0 Å². The fraction of sp³-hybridized carbons (Fsp3) is 0.467. The van der Waals surface area contributed by atoms with Crippen LogP contribution >= 0.6 is 0 Å². The largest absolute Gasteiger partial charge is 0.461 e. The summed E-state index contributed by atoms with van der Waals surface area (Å²) in [7, 11) is 0. The van der Waals surface area contributed by atoms with Crippen molar-refractivity contribution in [1.82, 2.24) is 0 Å². The van der Waals surface area contributed by atoms with Crippen molar-refractivity contribution in [2.45, 2.75) is 13.8 Å². The first kappa shape index (κ1) is 17.1. The van der Waals surface area contributed by atoms with Crippen LogP contribution in [0.4, 0.5) is 0 Å². The van der Waals surface area contributed by atoms with E-state index in [2.05, 4.69) is 0 Å². The van der Waals surface area contributed by atoms with Gasteiger partial charge >= 0.3 is 11.9 Å². The summed E-state index contributed by atoms with van der Waals surface area (Å²) in [6, 6.07) is 5.95. The Morgan fingerprint density at radius 1 is 1.10 bits per heavy atom. The zero-order chi connectivity index (χ0) is 15.9. The first-order chi connectivity index (χ1) is 9.89. The van der Waals surface area contributed by atoms with Crippen molar-refractivity contribution in [2.75, 3.05) is 26.4 Å². The molecular formula is C15H20O6. The van der Waals surface area contributed by atoms with Gasteiger partial charge in [-0.05, 0) is 18.2 Å². The summed E-state index contributed by atoms with van der Waals surface area (Å²) in [4.78, 5) is 23.5. The summed E-state index contributed by atoms with van der Waals surface area (Å²) in [6.45, 7) is 3.14. The van der Waals surface area contributed by atoms with E-state index in [-0.39, 0.29) is 37.6 Å². The molecule has 0 unspecified atom stereocenters. The van der Waals surface area contributed by atoms with Gasteiger partial charge in [-0.2, -0.15) is 0 Å². The Bertz CT molecular complexity index is 495. The number of rotatable bonds is 7. The number of carbonyl (C=O) groups excluding carboxylic acids is 2. The van der Waals surface area contributed by atoms with E-state index in [1.54, 1.807) is 19.9 Å². The monoisotopic (exact) mass is 296 g/mol. The average molecular weight is 296 g/mol. The molecule has 0 saturated carbocycles. The molecule has 0 aliphatic rings. The smallest absolute Gasteiger partial charge is 0.338 e. The van der Waals surface area contributed by atoms with Crippen LogP contribution in [0.1, 0.15) is 34.6 Å². The number of hydrogen-bond acceptors (Lipinski definition) is 6. The molecule has 116 valence electrons. The van der Waals surface area contributed by atoms with Gasteiger partial charge in [0.05, 0.1) is 30.9 Å². The second kappa shape index (κ2) is 7.75. The van der Waals surface area contributed by atoms with Crippen LogP contribution in [-0.2, 0) is 9.47 Å². The summed E-state index contributed by atoms with van der Waals surface area (Å²) >= 11 is 0. The Morgan fingerprint density at radius 3 is 2.19 bits per heavy atom. The van der Waals surface area contributed by atoms with E-state index >= 15 is 0 Å². The summed E-state index contributed by atoms with van der Waals surface area (Å²) in [5, 5.41) is 17.7. The van der Waals surface area contributed by atoms with E-state index in [9.17, 15) is 9.59 Å². The highest BCUT2D eigenvalue weighted by atomic mass is 16.5. The molecule has 6 nitrogen and oxygen atoms in total. The average Bonchev–Trinajstić information content (AvgIpc) is 2.50. The highest BCUT2D eigenvalue weighted by molar-refractivity contribution is 5.95. The fourth-order valence-corrected chi connectivity index (χ4v) is 1.38. The van der Waals surface area contributed by atoms with Crippen molar-refractivity contribution in [3.63, 3.8) is 0 Å². The minimum Gasteiger partial charge on any atom is -0.461 e. The zero-order valence-corrected chi connectivity index (χ0v) is 12.2. The maximum absolute atomic E-state index is 11.9. The number of carbonyl (C=O) groups is 2. The van der Waals surface area contributed by atoms with Gasteiger partial charge in [-0.1, -0.05) is 19.9 Å². The van der Waals surface area contributed by atoms with E-state index in [0.717, 1.165) is 0 Å². The summed E-state index contributed by atoms with van der Waals surface area (Å²) in [6.07, 6.45) is 0.